The molecule has 1 aromatic heterocycles. The van der Waals surface area contributed by atoms with Crippen LogP contribution in [0.25, 0.3) is 0 Å². The summed E-state index contributed by atoms with van der Waals surface area (Å²) in [6.45, 7) is 1.97. The number of nitrogens with two attached hydrogens (primary N) is 1. The summed E-state index contributed by atoms with van der Waals surface area (Å²) in [7, 11) is 0. The van der Waals surface area contributed by atoms with Crippen molar-refractivity contribution < 1.29 is 4.42 Å². The molecular formula is C7H11N3OS. The number of thioether (sulfide) groups is 1. The highest BCUT2D eigenvalue weighted by atomic mass is 32.2. The molecule has 0 aliphatic carbocycles. The van der Waals surface area contributed by atoms with Crippen molar-refractivity contribution >= 4 is 17.6 Å². The molecule has 1 heterocycles. The summed E-state index contributed by atoms with van der Waals surface area (Å²) in [6, 6.07) is 0. The summed E-state index contributed by atoms with van der Waals surface area (Å²) in [5.74, 6) is 0.167. The molecule has 0 saturated heterocycles. The lowest BCUT2D eigenvalue weighted by Gasteiger charge is -2.08. The van der Waals surface area contributed by atoms with Gasteiger partial charge in [0.1, 0.15) is 12.1 Å². The smallest absolute Gasteiger partial charge is 0.256 e. The number of aromatic nitrogens is 1. The standard InChI is InChI=1S/C7H11N3OS/c1-2-5(6(8)9)12-7-10-3-4-11-7/h3-5H,2H2,1H3,(H3,8,9). The second-order valence-electron chi connectivity index (χ2n) is 2.27. The minimum atomic E-state index is -0.0244. The fraction of sp³-hybridized carbons (Fsp3) is 0.429. The number of rotatable bonds is 4. The van der Waals surface area contributed by atoms with Gasteiger partial charge in [0.15, 0.2) is 0 Å². The Morgan fingerprint density at radius 2 is 2.67 bits per heavy atom. The van der Waals surface area contributed by atoms with E-state index in [1.807, 2.05) is 6.92 Å². The maximum absolute atomic E-state index is 7.24. The molecule has 0 amide bonds. The zero-order valence-electron chi connectivity index (χ0n) is 6.78. The molecule has 66 valence electrons. The Labute approximate surface area is 75.1 Å². The second kappa shape index (κ2) is 4.15. The van der Waals surface area contributed by atoms with E-state index in [9.17, 15) is 0 Å². The van der Waals surface area contributed by atoms with Crippen LogP contribution in [-0.4, -0.2) is 16.1 Å². The van der Waals surface area contributed by atoms with E-state index in [0.29, 0.717) is 5.22 Å². The fourth-order valence-electron chi connectivity index (χ4n) is 0.757. The lowest BCUT2D eigenvalue weighted by Crippen LogP contribution is -2.23. The highest BCUT2D eigenvalue weighted by Crippen LogP contribution is 2.22. The average molecular weight is 185 g/mol. The Morgan fingerprint density at radius 3 is 3.08 bits per heavy atom. The summed E-state index contributed by atoms with van der Waals surface area (Å²) >= 11 is 1.38. The molecule has 0 aromatic carbocycles. The van der Waals surface area contributed by atoms with Crippen molar-refractivity contribution in [2.24, 2.45) is 5.73 Å². The third-order valence-corrected chi connectivity index (χ3v) is 2.65. The first-order valence-corrected chi connectivity index (χ1v) is 4.52. The van der Waals surface area contributed by atoms with Gasteiger partial charge in [-0.3, -0.25) is 5.41 Å². The molecule has 0 radical (unpaired) electrons. The van der Waals surface area contributed by atoms with Crippen molar-refractivity contribution in [3.05, 3.63) is 12.5 Å². The number of hydrogen-bond donors (Lipinski definition) is 2. The minimum Gasteiger partial charge on any atom is -0.440 e. The third kappa shape index (κ3) is 2.27. The molecule has 1 aromatic rings. The van der Waals surface area contributed by atoms with E-state index >= 15 is 0 Å². The maximum atomic E-state index is 7.24. The minimum absolute atomic E-state index is 0.0244. The fourth-order valence-corrected chi connectivity index (χ4v) is 1.53. The van der Waals surface area contributed by atoms with Crippen LogP contribution >= 0.6 is 11.8 Å². The first-order valence-electron chi connectivity index (χ1n) is 3.64. The quantitative estimate of drug-likeness (QED) is 0.423. The molecule has 0 saturated carbocycles. The van der Waals surface area contributed by atoms with E-state index in [4.69, 9.17) is 15.6 Å². The zero-order valence-corrected chi connectivity index (χ0v) is 7.60. The van der Waals surface area contributed by atoms with Crippen LogP contribution < -0.4 is 5.73 Å². The van der Waals surface area contributed by atoms with E-state index in [1.54, 1.807) is 6.20 Å². The van der Waals surface area contributed by atoms with E-state index in [2.05, 4.69) is 4.98 Å². The average Bonchev–Trinajstić information content (AvgIpc) is 2.51. The molecule has 4 nitrogen and oxygen atoms in total. The van der Waals surface area contributed by atoms with Crippen LogP contribution in [0.2, 0.25) is 0 Å². The maximum Gasteiger partial charge on any atom is 0.256 e. The number of oxazole rings is 1. The third-order valence-electron chi connectivity index (χ3n) is 1.37. The molecule has 0 spiro atoms. The van der Waals surface area contributed by atoms with Crippen molar-refractivity contribution in [1.29, 1.82) is 5.41 Å². The summed E-state index contributed by atoms with van der Waals surface area (Å²) in [5, 5.41) is 7.78. The lowest BCUT2D eigenvalue weighted by atomic mass is 10.3. The van der Waals surface area contributed by atoms with Gasteiger partial charge in [-0.25, -0.2) is 4.98 Å². The Bertz CT molecular complexity index is 247. The van der Waals surface area contributed by atoms with Gasteiger partial charge in [-0.1, -0.05) is 18.7 Å². The van der Waals surface area contributed by atoms with Gasteiger partial charge in [0.25, 0.3) is 5.22 Å². The molecule has 3 N–H and O–H groups in total. The van der Waals surface area contributed by atoms with Crippen LogP contribution in [0, 0.1) is 5.41 Å². The van der Waals surface area contributed by atoms with Crippen LogP contribution in [0.15, 0.2) is 22.1 Å². The van der Waals surface area contributed by atoms with Crippen molar-refractivity contribution in [3.8, 4) is 0 Å². The van der Waals surface area contributed by atoms with Crippen LogP contribution in [0.1, 0.15) is 13.3 Å². The molecule has 5 heteroatoms. The van der Waals surface area contributed by atoms with Crippen molar-refractivity contribution in [1.82, 2.24) is 4.98 Å². The predicted molar refractivity (Wildman–Crippen MR) is 48.4 cm³/mol. The molecular weight excluding hydrogens is 174 g/mol. The molecule has 0 bridgehead atoms. The van der Waals surface area contributed by atoms with Gasteiger partial charge in [0.2, 0.25) is 0 Å². The molecule has 1 unspecified atom stereocenters. The zero-order chi connectivity index (χ0) is 8.97. The van der Waals surface area contributed by atoms with Crippen molar-refractivity contribution in [2.45, 2.75) is 23.8 Å². The Hall–Kier alpha value is -0.970. The van der Waals surface area contributed by atoms with Gasteiger partial charge in [-0.05, 0) is 6.42 Å². The monoisotopic (exact) mass is 185 g/mol. The first-order chi connectivity index (χ1) is 5.74. The number of hydrogen-bond acceptors (Lipinski definition) is 4. The molecule has 0 aliphatic rings. The van der Waals surface area contributed by atoms with Crippen molar-refractivity contribution in [3.63, 3.8) is 0 Å². The number of amidine groups is 1. The highest BCUT2D eigenvalue weighted by Gasteiger charge is 2.13. The second-order valence-corrected chi connectivity index (χ2v) is 3.42. The Balaban J connectivity index is 2.54. The molecule has 0 fully saturated rings. The van der Waals surface area contributed by atoms with Crippen LogP contribution in [0.4, 0.5) is 0 Å². The summed E-state index contributed by atoms with van der Waals surface area (Å²) in [5.41, 5.74) is 5.36. The SMILES string of the molecule is CCC(Sc1ncco1)C(=N)N. The summed E-state index contributed by atoms with van der Waals surface area (Å²) in [6.07, 6.45) is 3.90. The molecule has 1 atom stereocenters. The molecule has 1 rings (SSSR count). The first kappa shape index (κ1) is 9.12. The van der Waals surface area contributed by atoms with Gasteiger partial charge in [-0.2, -0.15) is 0 Å². The Kier molecular flexibility index (Phi) is 3.16. The molecule has 0 aliphatic heterocycles. The van der Waals surface area contributed by atoms with E-state index in [-0.39, 0.29) is 11.1 Å². The van der Waals surface area contributed by atoms with E-state index in [1.165, 1.54) is 18.0 Å². The predicted octanol–water partition coefficient (Wildman–Crippen LogP) is 1.48. The van der Waals surface area contributed by atoms with Gasteiger partial charge in [0, 0.05) is 0 Å². The van der Waals surface area contributed by atoms with Gasteiger partial charge in [-0.15, -0.1) is 0 Å². The number of nitrogens with one attached hydrogen (secondary N) is 1. The van der Waals surface area contributed by atoms with E-state index in [0.717, 1.165) is 6.42 Å². The number of nitrogens with zero attached hydrogens (tertiary/aromatic N) is 1. The summed E-state index contributed by atoms with van der Waals surface area (Å²) in [4.78, 5) is 3.93. The van der Waals surface area contributed by atoms with Crippen molar-refractivity contribution in [2.75, 3.05) is 0 Å². The molecule has 12 heavy (non-hydrogen) atoms. The van der Waals surface area contributed by atoms with Crippen LogP contribution in [0.5, 0.6) is 0 Å². The van der Waals surface area contributed by atoms with Gasteiger partial charge >= 0.3 is 0 Å². The highest BCUT2D eigenvalue weighted by molar-refractivity contribution is 8.00. The van der Waals surface area contributed by atoms with Gasteiger partial charge < -0.3 is 10.2 Å². The largest absolute Gasteiger partial charge is 0.440 e. The van der Waals surface area contributed by atoms with Crippen LogP contribution in [-0.2, 0) is 0 Å². The topological polar surface area (TPSA) is 75.9 Å². The summed E-state index contributed by atoms with van der Waals surface area (Å²) < 4.78 is 5.02. The van der Waals surface area contributed by atoms with Crippen LogP contribution in [0.3, 0.4) is 0 Å². The van der Waals surface area contributed by atoms with E-state index < -0.39 is 0 Å². The normalized spacial score (nSPS) is 12.8. The Morgan fingerprint density at radius 1 is 1.92 bits per heavy atom. The lowest BCUT2D eigenvalue weighted by molar-refractivity contribution is 0.453. The van der Waals surface area contributed by atoms with Gasteiger partial charge in [0.05, 0.1) is 11.4 Å².